The summed E-state index contributed by atoms with van der Waals surface area (Å²) in [6.07, 6.45) is 3.89. The molecular weight excluding hydrogens is 325 g/mol. The number of benzene rings is 1. The first kappa shape index (κ1) is 17.7. The summed E-state index contributed by atoms with van der Waals surface area (Å²) in [6, 6.07) is 4.38. The van der Waals surface area contributed by atoms with Gasteiger partial charge in [0.1, 0.15) is 5.82 Å². The molecule has 2 amide bonds. The molecule has 0 spiro atoms. The first-order valence-corrected chi connectivity index (χ1v) is 8.70. The number of anilines is 1. The number of carboxylic acids is 1. The van der Waals surface area contributed by atoms with Crippen molar-refractivity contribution in [1.29, 1.82) is 0 Å². The molecule has 0 atom stereocenters. The van der Waals surface area contributed by atoms with Gasteiger partial charge in [-0.1, -0.05) is 0 Å². The summed E-state index contributed by atoms with van der Waals surface area (Å²) in [7, 11) is 0. The Balaban J connectivity index is 1.44. The fourth-order valence-electron chi connectivity index (χ4n) is 3.23. The molecule has 136 valence electrons. The van der Waals surface area contributed by atoms with Crippen molar-refractivity contribution in [1.82, 2.24) is 10.2 Å². The minimum absolute atomic E-state index is 0.0436. The second kappa shape index (κ2) is 7.39. The van der Waals surface area contributed by atoms with Gasteiger partial charge in [-0.05, 0) is 62.3 Å². The van der Waals surface area contributed by atoms with E-state index in [0.717, 1.165) is 19.4 Å². The highest BCUT2D eigenvalue weighted by Crippen LogP contribution is 2.33. The van der Waals surface area contributed by atoms with Gasteiger partial charge in [-0.2, -0.15) is 0 Å². The van der Waals surface area contributed by atoms with E-state index in [1.54, 1.807) is 13.0 Å². The lowest BCUT2D eigenvalue weighted by Crippen LogP contribution is -2.55. The van der Waals surface area contributed by atoms with E-state index in [4.69, 9.17) is 5.11 Å². The Morgan fingerprint density at radius 2 is 2.04 bits per heavy atom. The largest absolute Gasteiger partial charge is 0.480 e. The molecule has 0 aliphatic heterocycles. The van der Waals surface area contributed by atoms with Crippen LogP contribution in [0.25, 0.3) is 0 Å². The number of hydrogen-bond acceptors (Lipinski definition) is 3. The highest BCUT2D eigenvalue weighted by molar-refractivity contribution is 5.89. The minimum atomic E-state index is -0.804. The molecule has 0 saturated heterocycles. The Morgan fingerprint density at radius 1 is 1.32 bits per heavy atom. The summed E-state index contributed by atoms with van der Waals surface area (Å²) < 4.78 is 13.2. The van der Waals surface area contributed by atoms with Gasteiger partial charge < -0.3 is 15.7 Å². The van der Waals surface area contributed by atoms with Crippen LogP contribution in [0.15, 0.2) is 18.2 Å². The van der Waals surface area contributed by atoms with E-state index in [9.17, 15) is 14.0 Å². The maximum absolute atomic E-state index is 13.2. The van der Waals surface area contributed by atoms with Crippen LogP contribution in [0.2, 0.25) is 0 Å². The molecule has 0 unspecified atom stereocenters. The third-order valence-corrected chi connectivity index (χ3v) is 4.91. The molecule has 2 fully saturated rings. The van der Waals surface area contributed by atoms with Gasteiger partial charge in [-0.15, -0.1) is 0 Å². The number of hydrogen-bond donors (Lipinski definition) is 3. The topological polar surface area (TPSA) is 81.7 Å². The number of aryl methyl sites for hydroxylation is 1. The molecule has 0 bridgehead atoms. The molecule has 3 N–H and O–H groups in total. The summed E-state index contributed by atoms with van der Waals surface area (Å²) in [5.74, 6) is -0.472. The number of nitrogens with zero attached hydrogens (tertiary/aromatic N) is 1. The van der Waals surface area contributed by atoms with Gasteiger partial charge in [0.05, 0.1) is 6.54 Å². The first-order valence-electron chi connectivity index (χ1n) is 8.70. The van der Waals surface area contributed by atoms with Crippen molar-refractivity contribution < 1.29 is 19.1 Å². The van der Waals surface area contributed by atoms with E-state index >= 15 is 0 Å². The van der Waals surface area contributed by atoms with E-state index in [0.29, 0.717) is 17.2 Å². The van der Waals surface area contributed by atoms with Crippen molar-refractivity contribution >= 4 is 17.7 Å². The fourth-order valence-corrected chi connectivity index (χ4v) is 3.23. The molecule has 2 aliphatic rings. The van der Waals surface area contributed by atoms with Crippen molar-refractivity contribution in [3.8, 4) is 0 Å². The number of halogens is 1. The molecular formula is C18H24FN3O3. The van der Waals surface area contributed by atoms with Crippen LogP contribution in [0.3, 0.4) is 0 Å². The van der Waals surface area contributed by atoms with Crippen molar-refractivity contribution in [2.24, 2.45) is 5.92 Å². The molecule has 0 radical (unpaired) electrons. The number of amides is 2. The maximum Gasteiger partial charge on any atom is 0.319 e. The van der Waals surface area contributed by atoms with Gasteiger partial charge in [0.25, 0.3) is 0 Å². The van der Waals surface area contributed by atoms with Crippen molar-refractivity contribution in [3.05, 3.63) is 29.6 Å². The molecule has 7 heteroatoms. The molecule has 2 aliphatic carbocycles. The maximum atomic E-state index is 13.2. The SMILES string of the molecule is Cc1cc(NC(=O)NC2CC(N(CC(=O)O)CC3CC3)C2)ccc1F. The van der Waals surface area contributed by atoms with E-state index in [-0.39, 0.29) is 30.5 Å². The molecule has 1 aromatic carbocycles. The van der Waals surface area contributed by atoms with Crippen LogP contribution in [0, 0.1) is 18.7 Å². The summed E-state index contributed by atoms with van der Waals surface area (Å²) in [6.45, 7) is 2.55. The van der Waals surface area contributed by atoms with E-state index < -0.39 is 5.97 Å². The minimum Gasteiger partial charge on any atom is -0.480 e. The smallest absolute Gasteiger partial charge is 0.319 e. The van der Waals surface area contributed by atoms with E-state index in [1.165, 1.54) is 25.0 Å². The Morgan fingerprint density at radius 3 is 2.64 bits per heavy atom. The number of rotatable bonds is 7. The van der Waals surface area contributed by atoms with Gasteiger partial charge >= 0.3 is 12.0 Å². The molecule has 3 rings (SSSR count). The van der Waals surface area contributed by atoms with Crippen molar-refractivity contribution in [2.45, 2.75) is 44.7 Å². The summed E-state index contributed by atoms with van der Waals surface area (Å²) in [4.78, 5) is 25.1. The van der Waals surface area contributed by atoms with Crippen LogP contribution < -0.4 is 10.6 Å². The molecule has 0 aromatic heterocycles. The van der Waals surface area contributed by atoms with E-state index in [2.05, 4.69) is 10.6 Å². The standard InChI is InChI=1S/C18H24FN3O3/c1-11-6-13(4-5-16(11)19)20-18(25)21-14-7-15(8-14)22(10-17(23)24)9-12-2-3-12/h4-6,12,14-15H,2-3,7-10H2,1H3,(H,23,24)(H2,20,21,25). The average Bonchev–Trinajstić information content (AvgIpc) is 3.29. The molecule has 1 aromatic rings. The van der Waals surface area contributed by atoms with Gasteiger partial charge in [0.2, 0.25) is 0 Å². The van der Waals surface area contributed by atoms with Gasteiger partial charge in [0, 0.05) is 24.3 Å². The highest BCUT2D eigenvalue weighted by Gasteiger charge is 2.37. The summed E-state index contributed by atoms with van der Waals surface area (Å²) in [5, 5.41) is 14.6. The second-order valence-electron chi connectivity index (χ2n) is 7.15. The van der Waals surface area contributed by atoms with Crippen LogP contribution in [0.1, 0.15) is 31.2 Å². The van der Waals surface area contributed by atoms with Crippen LogP contribution >= 0.6 is 0 Å². The number of carboxylic acid groups (broad SMARTS) is 1. The zero-order valence-corrected chi connectivity index (χ0v) is 14.3. The predicted octanol–water partition coefficient (Wildman–Crippen LogP) is 2.58. The average molecular weight is 349 g/mol. The molecule has 0 heterocycles. The zero-order chi connectivity index (χ0) is 18.0. The summed E-state index contributed by atoms with van der Waals surface area (Å²) >= 11 is 0. The molecule has 2 saturated carbocycles. The van der Waals surface area contributed by atoms with Crippen LogP contribution in [0.5, 0.6) is 0 Å². The predicted molar refractivity (Wildman–Crippen MR) is 92.0 cm³/mol. The first-order chi connectivity index (χ1) is 11.9. The monoisotopic (exact) mass is 349 g/mol. The zero-order valence-electron chi connectivity index (χ0n) is 14.3. The van der Waals surface area contributed by atoms with Gasteiger partial charge in [-0.3, -0.25) is 9.69 Å². The molecule has 6 nitrogen and oxygen atoms in total. The lowest BCUT2D eigenvalue weighted by molar-refractivity contribution is -0.139. The highest BCUT2D eigenvalue weighted by atomic mass is 19.1. The van der Waals surface area contributed by atoms with Crippen molar-refractivity contribution in [3.63, 3.8) is 0 Å². The Bertz CT molecular complexity index is 657. The third kappa shape index (κ3) is 4.92. The number of aliphatic carboxylic acids is 1. The molecule has 25 heavy (non-hydrogen) atoms. The van der Waals surface area contributed by atoms with Crippen LogP contribution in [0.4, 0.5) is 14.9 Å². The normalized spacial score (nSPS) is 22.4. The quantitative estimate of drug-likeness (QED) is 0.707. The number of nitrogens with one attached hydrogen (secondary N) is 2. The Labute approximate surface area is 146 Å². The van der Waals surface area contributed by atoms with Crippen LogP contribution in [-0.4, -0.2) is 47.2 Å². The van der Waals surface area contributed by atoms with Crippen molar-refractivity contribution in [2.75, 3.05) is 18.4 Å². The lowest BCUT2D eigenvalue weighted by Gasteiger charge is -2.42. The van der Waals surface area contributed by atoms with Crippen LogP contribution in [-0.2, 0) is 4.79 Å². The Kier molecular flexibility index (Phi) is 5.22. The van der Waals surface area contributed by atoms with Gasteiger partial charge in [-0.25, -0.2) is 9.18 Å². The number of carbonyl (C=O) groups excluding carboxylic acids is 1. The Hall–Kier alpha value is -2.15. The number of carbonyl (C=O) groups is 2. The number of urea groups is 1. The third-order valence-electron chi connectivity index (χ3n) is 4.91. The van der Waals surface area contributed by atoms with Gasteiger partial charge in [0.15, 0.2) is 0 Å². The summed E-state index contributed by atoms with van der Waals surface area (Å²) in [5.41, 5.74) is 1.03. The van der Waals surface area contributed by atoms with E-state index in [1.807, 2.05) is 4.90 Å². The second-order valence-corrected chi connectivity index (χ2v) is 7.15. The fraction of sp³-hybridized carbons (Fsp3) is 0.556. The lowest BCUT2D eigenvalue weighted by atomic mass is 9.85.